The van der Waals surface area contributed by atoms with E-state index in [1.807, 2.05) is 4.90 Å². The van der Waals surface area contributed by atoms with Crippen molar-refractivity contribution in [2.75, 3.05) is 26.2 Å². The molecule has 9 heteroatoms. The van der Waals surface area contributed by atoms with Crippen molar-refractivity contribution < 1.29 is 18.0 Å². The molecule has 5 nitrogen and oxygen atoms in total. The monoisotopic (exact) mass is 298 g/mol. The summed E-state index contributed by atoms with van der Waals surface area (Å²) in [5.41, 5.74) is 5.42. The summed E-state index contributed by atoms with van der Waals surface area (Å²) in [7, 11) is 0. The Morgan fingerprint density at radius 2 is 1.95 bits per heavy atom. The van der Waals surface area contributed by atoms with Gasteiger partial charge in [0.2, 0.25) is 0 Å². The zero-order chi connectivity index (χ0) is 14.5. The number of rotatable bonds is 4. The van der Waals surface area contributed by atoms with Crippen LogP contribution >= 0.6 is 12.2 Å². The number of amides is 2. The molecule has 0 aromatic heterocycles. The van der Waals surface area contributed by atoms with Gasteiger partial charge in [0.15, 0.2) is 0 Å². The third-order valence-electron chi connectivity index (χ3n) is 2.75. The fourth-order valence-corrected chi connectivity index (χ4v) is 2.06. The minimum absolute atomic E-state index is 0.115. The smallest absolute Gasteiger partial charge is 0.392 e. The van der Waals surface area contributed by atoms with Gasteiger partial charge in [-0.05, 0) is 12.8 Å². The number of nitrogens with two attached hydrogens (primary N) is 1. The topological polar surface area (TPSA) is 70.4 Å². The normalized spacial score (nSPS) is 18.1. The molecule has 1 aliphatic heterocycles. The zero-order valence-electron chi connectivity index (χ0n) is 10.3. The number of halogens is 3. The number of hydrogen-bond donors (Lipinski definition) is 3. The quantitative estimate of drug-likeness (QED) is 0.665. The van der Waals surface area contributed by atoms with Crippen LogP contribution in [0.3, 0.4) is 0 Å². The Kier molecular flexibility index (Phi) is 5.80. The van der Waals surface area contributed by atoms with E-state index in [1.54, 1.807) is 5.32 Å². The number of thiocarbonyl (C=S) groups is 1. The highest BCUT2D eigenvalue weighted by Crippen LogP contribution is 2.12. The molecule has 19 heavy (non-hydrogen) atoms. The number of carbonyl (C=O) groups is 1. The lowest BCUT2D eigenvalue weighted by molar-refractivity contribution is -0.122. The minimum Gasteiger partial charge on any atom is -0.392 e. The van der Waals surface area contributed by atoms with Crippen LogP contribution in [0.1, 0.15) is 12.8 Å². The molecule has 0 aliphatic carbocycles. The maximum atomic E-state index is 11.9. The van der Waals surface area contributed by atoms with Crippen LogP contribution in [0.25, 0.3) is 0 Å². The van der Waals surface area contributed by atoms with Crippen LogP contribution < -0.4 is 16.4 Å². The van der Waals surface area contributed by atoms with Crippen molar-refractivity contribution in [3.63, 3.8) is 0 Å². The van der Waals surface area contributed by atoms with Crippen molar-refractivity contribution in [2.24, 2.45) is 5.73 Å². The number of alkyl halides is 3. The molecule has 2 amide bonds. The summed E-state index contributed by atoms with van der Waals surface area (Å²) < 4.78 is 35.7. The van der Waals surface area contributed by atoms with Crippen LogP contribution in [-0.2, 0) is 0 Å². The van der Waals surface area contributed by atoms with Gasteiger partial charge in [0.05, 0.1) is 4.99 Å². The molecule has 1 fully saturated rings. The molecule has 110 valence electrons. The summed E-state index contributed by atoms with van der Waals surface area (Å²) in [6.45, 7) is 0.630. The van der Waals surface area contributed by atoms with Gasteiger partial charge in [0, 0.05) is 25.7 Å². The van der Waals surface area contributed by atoms with Crippen LogP contribution in [0.5, 0.6) is 0 Å². The second kappa shape index (κ2) is 6.90. The number of likely N-dealkylation sites (tertiary alicyclic amines) is 1. The molecule has 1 saturated heterocycles. The van der Waals surface area contributed by atoms with Crippen LogP contribution in [0.15, 0.2) is 0 Å². The average Bonchev–Trinajstić information content (AvgIpc) is 2.28. The van der Waals surface area contributed by atoms with E-state index in [0.717, 1.165) is 0 Å². The second-order valence-corrected chi connectivity index (χ2v) is 4.98. The SMILES string of the molecule is NC(=S)CN1CCC(NC(=O)NCC(F)(F)F)CC1. The molecule has 0 bridgehead atoms. The lowest BCUT2D eigenvalue weighted by Gasteiger charge is -2.31. The van der Waals surface area contributed by atoms with E-state index in [-0.39, 0.29) is 6.04 Å². The Balaban J connectivity index is 2.21. The van der Waals surface area contributed by atoms with Crippen molar-refractivity contribution in [3.8, 4) is 0 Å². The summed E-state index contributed by atoms with van der Waals surface area (Å²) in [4.78, 5) is 13.7. The molecule has 0 spiro atoms. The summed E-state index contributed by atoms with van der Waals surface area (Å²) in [6.07, 6.45) is -3.05. The molecule has 0 radical (unpaired) electrons. The number of carbonyl (C=O) groups excluding carboxylic acids is 1. The van der Waals surface area contributed by atoms with Crippen LogP contribution in [0.4, 0.5) is 18.0 Å². The Labute approximate surface area is 114 Å². The lowest BCUT2D eigenvalue weighted by atomic mass is 10.1. The molecule has 1 heterocycles. The summed E-state index contributed by atoms with van der Waals surface area (Å²) in [5.74, 6) is 0. The number of nitrogens with zero attached hydrogens (tertiary/aromatic N) is 1. The van der Waals surface area contributed by atoms with Crippen LogP contribution in [-0.4, -0.2) is 54.3 Å². The van der Waals surface area contributed by atoms with E-state index in [4.69, 9.17) is 18.0 Å². The second-order valence-electron chi connectivity index (χ2n) is 4.46. The molecule has 0 atom stereocenters. The highest BCUT2D eigenvalue weighted by molar-refractivity contribution is 7.80. The Bertz CT molecular complexity index is 329. The van der Waals surface area contributed by atoms with Gasteiger partial charge in [-0.3, -0.25) is 4.90 Å². The lowest BCUT2D eigenvalue weighted by Crippen LogP contribution is -2.50. The maximum absolute atomic E-state index is 11.9. The van der Waals surface area contributed by atoms with Crippen LogP contribution in [0.2, 0.25) is 0 Å². The Hall–Kier alpha value is -1.09. The minimum atomic E-state index is -4.39. The summed E-state index contributed by atoms with van der Waals surface area (Å²) in [5, 5.41) is 4.31. The van der Waals surface area contributed by atoms with Crippen LogP contribution in [0, 0.1) is 0 Å². The highest BCUT2D eigenvalue weighted by atomic mass is 32.1. The first-order valence-corrected chi connectivity index (χ1v) is 6.29. The third-order valence-corrected chi connectivity index (χ3v) is 2.88. The fraction of sp³-hybridized carbons (Fsp3) is 0.800. The van der Waals surface area contributed by atoms with E-state index in [9.17, 15) is 18.0 Å². The predicted octanol–water partition coefficient (Wildman–Crippen LogP) is 0.598. The zero-order valence-corrected chi connectivity index (χ0v) is 11.1. The largest absolute Gasteiger partial charge is 0.405 e. The molecule has 4 N–H and O–H groups in total. The van der Waals surface area contributed by atoms with Crippen molar-refractivity contribution in [3.05, 3.63) is 0 Å². The van der Waals surface area contributed by atoms with Gasteiger partial charge in [0.25, 0.3) is 0 Å². The molecule has 0 aromatic rings. The molecule has 0 aromatic carbocycles. The van der Waals surface area contributed by atoms with Gasteiger partial charge in [-0.1, -0.05) is 12.2 Å². The standard InChI is InChI=1S/C10H17F3N4OS/c11-10(12,13)6-15-9(18)16-7-1-3-17(4-2-7)5-8(14)19/h7H,1-6H2,(H2,14,19)(H2,15,16,18). The van der Waals surface area contributed by atoms with Crippen molar-refractivity contribution in [1.82, 2.24) is 15.5 Å². The Morgan fingerprint density at radius 1 is 1.37 bits per heavy atom. The van der Waals surface area contributed by atoms with Gasteiger partial charge in [-0.15, -0.1) is 0 Å². The van der Waals surface area contributed by atoms with Crippen molar-refractivity contribution in [2.45, 2.75) is 25.1 Å². The first-order chi connectivity index (χ1) is 8.76. The van der Waals surface area contributed by atoms with Gasteiger partial charge in [-0.2, -0.15) is 13.2 Å². The predicted molar refractivity (Wildman–Crippen MR) is 68.8 cm³/mol. The van der Waals surface area contributed by atoms with Crippen molar-refractivity contribution >= 4 is 23.2 Å². The highest BCUT2D eigenvalue weighted by Gasteiger charge is 2.28. The summed E-state index contributed by atoms with van der Waals surface area (Å²) >= 11 is 4.79. The molecule has 0 saturated carbocycles. The molecule has 1 aliphatic rings. The van der Waals surface area contributed by atoms with E-state index in [0.29, 0.717) is 37.5 Å². The number of hydrogen-bond acceptors (Lipinski definition) is 3. The summed E-state index contributed by atoms with van der Waals surface area (Å²) in [6, 6.07) is -0.902. The first-order valence-electron chi connectivity index (χ1n) is 5.88. The van der Waals surface area contributed by atoms with E-state index >= 15 is 0 Å². The maximum Gasteiger partial charge on any atom is 0.405 e. The fourth-order valence-electron chi connectivity index (χ4n) is 1.87. The van der Waals surface area contributed by atoms with E-state index in [2.05, 4.69) is 5.32 Å². The average molecular weight is 298 g/mol. The first kappa shape index (κ1) is 16.0. The molecular weight excluding hydrogens is 281 g/mol. The van der Waals surface area contributed by atoms with Gasteiger partial charge in [0.1, 0.15) is 6.54 Å². The Morgan fingerprint density at radius 3 is 2.42 bits per heavy atom. The van der Waals surface area contributed by atoms with Crippen molar-refractivity contribution in [1.29, 1.82) is 0 Å². The molecule has 1 rings (SSSR count). The van der Waals surface area contributed by atoms with Gasteiger partial charge in [-0.25, -0.2) is 4.79 Å². The van der Waals surface area contributed by atoms with Gasteiger partial charge < -0.3 is 16.4 Å². The number of piperidine rings is 1. The number of nitrogens with one attached hydrogen (secondary N) is 2. The van der Waals surface area contributed by atoms with E-state index < -0.39 is 18.8 Å². The van der Waals surface area contributed by atoms with E-state index in [1.165, 1.54) is 0 Å². The molecular formula is C10H17F3N4OS. The molecule has 0 unspecified atom stereocenters. The third kappa shape index (κ3) is 7.16. The van der Waals surface area contributed by atoms with Gasteiger partial charge >= 0.3 is 12.2 Å². The number of urea groups is 1.